The van der Waals surface area contributed by atoms with E-state index in [4.69, 9.17) is 5.73 Å². The zero-order valence-electron chi connectivity index (χ0n) is 14.2. The normalized spacial score (nSPS) is 11.1. The van der Waals surface area contributed by atoms with Crippen LogP contribution in [0.25, 0.3) is 10.8 Å². The molecule has 0 fully saturated rings. The number of hydrogen-bond donors (Lipinski definition) is 2. The van der Waals surface area contributed by atoms with Crippen molar-refractivity contribution in [2.45, 2.75) is 6.42 Å². The van der Waals surface area contributed by atoms with Crippen molar-refractivity contribution in [3.05, 3.63) is 70.3 Å². The molecule has 0 spiro atoms. The lowest BCUT2D eigenvalue weighted by Gasteiger charge is -2.09. The molecule has 3 rings (SSSR count). The number of rotatable bonds is 6. The molecule has 3 aromatic carbocycles. The minimum atomic E-state index is -0.533. The predicted octanol–water partition coefficient (Wildman–Crippen LogP) is 3.94. The standard InChI is InChI=1S/C19H16N4O4/c20-11-13(24)9-12-10-17(14-5-1-2-6-15(14)19(12)25)22-21-16-7-3-4-8-18(16)23(26)27/h1-8,10,25H,9,11,20H2. The van der Waals surface area contributed by atoms with Gasteiger partial charge in [-0.3, -0.25) is 14.9 Å². The zero-order valence-corrected chi connectivity index (χ0v) is 14.2. The molecule has 3 N–H and O–H groups in total. The highest BCUT2D eigenvalue weighted by molar-refractivity contribution is 5.99. The number of Topliss-reactive ketones (excluding diaryl/α,β-unsaturated/α-hetero) is 1. The van der Waals surface area contributed by atoms with Gasteiger partial charge in [-0.15, -0.1) is 10.2 Å². The lowest BCUT2D eigenvalue weighted by atomic mass is 10.00. The molecular weight excluding hydrogens is 348 g/mol. The summed E-state index contributed by atoms with van der Waals surface area (Å²) in [5, 5.41) is 30.9. The first-order chi connectivity index (χ1) is 13.0. The van der Waals surface area contributed by atoms with Crippen LogP contribution in [0.15, 0.2) is 64.8 Å². The summed E-state index contributed by atoms with van der Waals surface area (Å²) in [5.74, 6) is -0.251. The molecule has 8 heteroatoms. The summed E-state index contributed by atoms with van der Waals surface area (Å²) in [7, 11) is 0. The number of hydrogen-bond acceptors (Lipinski definition) is 7. The highest BCUT2D eigenvalue weighted by Gasteiger charge is 2.15. The van der Waals surface area contributed by atoms with E-state index in [1.807, 2.05) is 0 Å². The first-order valence-corrected chi connectivity index (χ1v) is 8.11. The van der Waals surface area contributed by atoms with Crippen molar-refractivity contribution in [1.29, 1.82) is 0 Å². The number of nitrogens with zero attached hydrogens (tertiary/aromatic N) is 3. The molecule has 0 saturated carbocycles. The molecule has 0 aliphatic heterocycles. The van der Waals surface area contributed by atoms with Gasteiger partial charge in [0.15, 0.2) is 11.5 Å². The van der Waals surface area contributed by atoms with Crippen LogP contribution in [0.4, 0.5) is 17.1 Å². The lowest BCUT2D eigenvalue weighted by molar-refractivity contribution is -0.384. The summed E-state index contributed by atoms with van der Waals surface area (Å²) >= 11 is 0. The monoisotopic (exact) mass is 364 g/mol. The van der Waals surface area contributed by atoms with Crippen molar-refractivity contribution in [3.8, 4) is 5.75 Å². The van der Waals surface area contributed by atoms with Crippen LogP contribution in [0.3, 0.4) is 0 Å². The van der Waals surface area contributed by atoms with Gasteiger partial charge in [-0.1, -0.05) is 36.4 Å². The number of benzene rings is 3. The Labute approximate surface area is 154 Å². The molecule has 3 aromatic rings. The minimum absolute atomic E-state index is 0.0166. The average molecular weight is 364 g/mol. The van der Waals surface area contributed by atoms with E-state index in [9.17, 15) is 20.0 Å². The number of ketones is 1. The van der Waals surface area contributed by atoms with E-state index in [0.717, 1.165) is 0 Å². The Morgan fingerprint density at radius 1 is 1.04 bits per heavy atom. The van der Waals surface area contributed by atoms with E-state index in [-0.39, 0.29) is 35.9 Å². The number of fused-ring (bicyclic) bond motifs is 1. The summed E-state index contributed by atoms with van der Waals surface area (Å²) in [5.41, 5.74) is 6.08. The highest BCUT2D eigenvalue weighted by Crippen LogP contribution is 2.37. The van der Waals surface area contributed by atoms with Crippen LogP contribution in [0.5, 0.6) is 5.75 Å². The number of nitro benzene ring substituents is 1. The van der Waals surface area contributed by atoms with Crippen LogP contribution in [-0.2, 0) is 11.2 Å². The number of nitrogens with two attached hydrogens (primary N) is 1. The zero-order chi connectivity index (χ0) is 19.4. The molecule has 0 bridgehead atoms. The fourth-order valence-electron chi connectivity index (χ4n) is 2.71. The van der Waals surface area contributed by atoms with E-state index >= 15 is 0 Å². The number of carbonyl (C=O) groups excluding carboxylic acids is 1. The molecule has 0 heterocycles. The van der Waals surface area contributed by atoms with Gasteiger partial charge in [0.05, 0.1) is 17.2 Å². The fourth-order valence-corrected chi connectivity index (χ4v) is 2.71. The van der Waals surface area contributed by atoms with E-state index in [1.54, 1.807) is 42.5 Å². The van der Waals surface area contributed by atoms with Crippen molar-refractivity contribution in [3.63, 3.8) is 0 Å². The quantitative estimate of drug-likeness (QED) is 0.388. The summed E-state index contributed by atoms with van der Waals surface area (Å²) in [6, 6.07) is 14.5. The van der Waals surface area contributed by atoms with Crippen LogP contribution >= 0.6 is 0 Å². The molecule has 136 valence electrons. The smallest absolute Gasteiger partial charge is 0.296 e. The Bertz CT molecular complexity index is 1060. The third kappa shape index (κ3) is 3.80. The molecule has 0 aliphatic rings. The number of phenolic OH excluding ortho intramolecular Hbond substituents is 1. The van der Waals surface area contributed by atoms with Gasteiger partial charge in [-0.25, -0.2) is 0 Å². The Balaban J connectivity index is 2.12. The Morgan fingerprint density at radius 2 is 1.67 bits per heavy atom. The molecule has 0 aromatic heterocycles. The van der Waals surface area contributed by atoms with E-state index in [2.05, 4.69) is 10.2 Å². The van der Waals surface area contributed by atoms with E-state index in [1.165, 1.54) is 12.1 Å². The van der Waals surface area contributed by atoms with Gasteiger partial charge in [0.25, 0.3) is 5.69 Å². The lowest BCUT2D eigenvalue weighted by Crippen LogP contribution is -2.15. The number of phenols is 1. The summed E-state index contributed by atoms with van der Waals surface area (Å²) in [6.45, 7) is -0.140. The Hall–Kier alpha value is -3.65. The van der Waals surface area contributed by atoms with Crippen molar-refractivity contribution in [2.75, 3.05) is 6.54 Å². The van der Waals surface area contributed by atoms with Crippen molar-refractivity contribution < 1.29 is 14.8 Å². The summed E-state index contributed by atoms with van der Waals surface area (Å²) in [6.07, 6.45) is -0.0405. The second-order valence-electron chi connectivity index (χ2n) is 5.81. The molecule has 0 radical (unpaired) electrons. The van der Waals surface area contributed by atoms with E-state index in [0.29, 0.717) is 22.0 Å². The molecule has 0 unspecified atom stereocenters. The molecule has 27 heavy (non-hydrogen) atoms. The maximum absolute atomic E-state index is 11.7. The van der Waals surface area contributed by atoms with Gasteiger partial charge in [-0.2, -0.15) is 0 Å². The van der Waals surface area contributed by atoms with Crippen LogP contribution in [-0.4, -0.2) is 22.4 Å². The minimum Gasteiger partial charge on any atom is -0.507 e. The SMILES string of the molecule is NCC(=O)Cc1cc(N=Nc2ccccc2[N+](=O)[O-])c2ccccc2c1O. The van der Waals surface area contributed by atoms with Gasteiger partial charge < -0.3 is 10.8 Å². The maximum atomic E-state index is 11.7. The first kappa shape index (κ1) is 18.2. The Kier molecular flexibility index (Phi) is 5.18. The van der Waals surface area contributed by atoms with Gasteiger partial charge in [-0.05, 0) is 12.1 Å². The molecule has 0 saturated heterocycles. The Morgan fingerprint density at radius 3 is 2.37 bits per heavy atom. The molecule has 0 atom stereocenters. The molecule has 0 aliphatic carbocycles. The number of carbonyl (C=O) groups is 1. The van der Waals surface area contributed by atoms with Crippen LogP contribution in [0, 0.1) is 10.1 Å². The van der Waals surface area contributed by atoms with Gasteiger partial charge in [0.1, 0.15) is 5.75 Å². The molecule has 0 amide bonds. The number of azo groups is 1. The average Bonchev–Trinajstić information content (AvgIpc) is 2.69. The number of aromatic hydroxyl groups is 1. The molecule has 8 nitrogen and oxygen atoms in total. The van der Waals surface area contributed by atoms with Gasteiger partial charge >= 0.3 is 0 Å². The highest BCUT2D eigenvalue weighted by atomic mass is 16.6. The maximum Gasteiger partial charge on any atom is 0.296 e. The second-order valence-corrected chi connectivity index (χ2v) is 5.81. The molecular formula is C19H16N4O4. The predicted molar refractivity (Wildman–Crippen MR) is 101 cm³/mol. The van der Waals surface area contributed by atoms with Crippen LogP contribution in [0.2, 0.25) is 0 Å². The topological polar surface area (TPSA) is 131 Å². The number of para-hydroxylation sites is 1. The third-order valence-corrected chi connectivity index (χ3v) is 4.03. The first-order valence-electron chi connectivity index (χ1n) is 8.11. The largest absolute Gasteiger partial charge is 0.507 e. The van der Waals surface area contributed by atoms with Crippen LogP contribution in [0.1, 0.15) is 5.56 Å². The summed E-state index contributed by atoms with van der Waals surface area (Å²) in [4.78, 5) is 22.3. The van der Waals surface area contributed by atoms with Crippen LogP contribution < -0.4 is 5.73 Å². The van der Waals surface area contributed by atoms with Gasteiger partial charge in [0, 0.05) is 28.8 Å². The van der Waals surface area contributed by atoms with E-state index < -0.39 is 4.92 Å². The fraction of sp³-hybridized carbons (Fsp3) is 0.105. The third-order valence-electron chi connectivity index (χ3n) is 4.03. The van der Waals surface area contributed by atoms with Crippen molar-refractivity contribution in [1.82, 2.24) is 0 Å². The van der Waals surface area contributed by atoms with Gasteiger partial charge in [0.2, 0.25) is 0 Å². The second kappa shape index (κ2) is 7.71. The number of nitro groups is 1. The summed E-state index contributed by atoms with van der Waals surface area (Å²) < 4.78 is 0. The van der Waals surface area contributed by atoms with Crippen molar-refractivity contribution >= 4 is 33.6 Å². The van der Waals surface area contributed by atoms with Crippen molar-refractivity contribution in [2.24, 2.45) is 16.0 Å².